The predicted octanol–water partition coefficient (Wildman–Crippen LogP) is 2.61. The summed E-state index contributed by atoms with van der Waals surface area (Å²) < 4.78 is 7.36. The molecule has 0 unspecified atom stereocenters. The van der Waals surface area contributed by atoms with E-state index < -0.39 is 22.1 Å². The first-order chi connectivity index (χ1) is 15.2. The van der Waals surface area contributed by atoms with Gasteiger partial charge in [-0.3, -0.25) is 24.0 Å². The van der Waals surface area contributed by atoms with Gasteiger partial charge in [-0.05, 0) is 17.7 Å². The molecule has 0 saturated heterocycles. The molecular weight excluding hydrogens is 440 g/mol. The van der Waals surface area contributed by atoms with Gasteiger partial charge in [-0.2, -0.15) is 0 Å². The second-order valence-electron chi connectivity index (χ2n) is 6.88. The highest BCUT2D eigenvalue weighted by Crippen LogP contribution is 2.25. The van der Waals surface area contributed by atoms with Gasteiger partial charge in [-0.15, -0.1) is 0 Å². The summed E-state index contributed by atoms with van der Waals surface area (Å²) in [5, 5.41) is 14.7. The third-order valence-corrected chi connectivity index (χ3v) is 5.21. The molecule has 1 heterocycles. The number of nitrogens with zero attached hydrogens (tertiary/aromatic N) is 3. The van der Waals surface area contributed by atoms with Crippen LogP contribution >= 0.6 is 11.6 Å². The number of ether oxygens (including phenoxy) is 1. The molecule has 3 aromatic rings. The van der Waals surface area contributed by atoms with Crippen LogP contribution in [-0.4, -0.2) is 20.0 Å². The van der Waals surface area contributed by atoms with E-state index >= 15 is 0 Å². The SMILES string of the molecule is Cn1c(COC(=O)c2cc([N+](=O)[O-])ccc2NCc2ccccc2Cl)cc(=O)n(C)c1=O. The number of carbonyl (C=O) groups excluding carboxylic acids is 1. The van der Waals surface area contributed by atoms with Gasteiger partial charge in [0.2, 0.25) is 0 Å². The van der Waals surface area contributed by atoms with Crippen LogP contribution in [0.25, 0.3) is 0 Å². The second kappa shape index (κ2) is 9.48. The van der Waals surface area contributed by atoms with Crippen molar-refractivity contribution in [2.45, 2.75) is 13.2 Å². The lowest BCUT2D eigenvalue weighted by Crippen LogP contribution is -2.38. The number of nitro groups is 1. The van der Waals surface area contributed by atoms with Crippen LogP contribution in [0, 0.1) is 10.1 Å². The molecule has 0 atom stereocenters. The molecule has 0 radical (unpaired) electrons. The lowest BCUT2D eigenvalue weighted by Gasteiger charge is -2.14. The third kappa shape index (κ3) is 4.86. The molecule has 0 amide bonds. The molecule has 0 aliphatic rings. The summed E-state index contributed by atoms with van der Waals surface area (Å²) in [6.45, 7) is -0.103. The minimum atomic E-state index is -0.858. The van der Waals surface area contributed by atoms with E-state index in [2.05, 4.69) is 5.32 Å². The molecule has 166 valence electrons. The van der Waals surface area contributed by atoms with E-state index in [-0.39, 0.29) is 30.1 Å². The van der Waals surface area contributed by atoms with Gasteiger partial charge in [-0.1, -0.05) is 29.8 Å². The Morgan fingerprint density at radius 1 is 1.12 bits per heavy atom. The molecule has 1 N–H and O–H groups in total. The topological polar surface area (TPSA) is 125 Å². The van der Waals surface area contributed by atoms with Gasteiger partial charge in [-0.25, -0.2) is 9.59 Å². The average Bonchev–Trinajstić information content (AvgIpc) is 2.78. The van der Waals surface area contributed by atoms with Gasteiger partial charge >= 0.3 is 11.7 Å². The number of rotatable bonds is 7. The molecule has 11 heteroatoms. The zero-order chi connectivity index (χ0) is 23.4. The molecule has 3 rings (SSSR count). The van der Waals surface area contributed by atoms with E-state index in [0.29, 0.717) is 10.7 Å². The van der Waals surface area contributed by atoms with E-state index in [1.54, 1.807) is 18.2 Å². The van der Waals surface area contributed by atoms with Gasteiger partial charge in [0.25, 0.3) is 11.2 Å². The van der Waals surface area contributed by atoms with Gasteiger partial charge in [0.05, 0.1) is 16.2 Å². The highest BCUT2D eigenvalue weighted by Gasteiger charge is 2.19. The molecule has 0 saturated carbocycles. The number of non-ortho nitro benzene ring substituents is 1. The van der Waals surface area contributed by atoms with Crippen molar-refractivity contribution in [1.29, 1.82) is 0 Å². The fraction of sp³-hybridized carbons (Fsp3) is 0.190. The Morgan fingerprint density at radius 3 is 2.53 bits per heavy atom. The van der Waals surface area contributed by atoms with Crippen LogP contribution in [0.1, 0.15) is 21.6 Å². The third-order valence-electron chi connectivity index (χ3n) is 4.84. The number of hydrogen-bond donors (Lipinski definition) is 1. The standard InChI is InChI=1S/C21H19ClN4O6/c1-24-15(10-19(27)25(2)21(24)29)12-32-20(28)16-9-14(26(30)31)7-8-18(16)23-11-13-5-3-4-6-17(13)22/h3-10,23H,11-12H2,1-2H3. The molecule has 0 aliphatic carbocycles. The normalized spacial score (nSPS) is 10.6. The van der Waals surface area contributed by atoms with Crippen molar-refractivity contribution in [3.05, 3.63) is 101 Å². The fourth-order valence-electron chi connectivity index (χ4n) is 2.94. The van der Waals surface area contributed by atoms with Crippen LogP contribution in [0.3, 0.4) is 0 Å². The number of halogens is 1. The smallest absolute Gasteiger partial charge is 0.340 e. The van der Waals surface area contributed by atoms with Crippen molar-refractivity contribution in [1.82, 2.24) is 9.13 Å². The Hall–Kier alpha value is -3.92. The van der Waals surface area contributed by atoms with Crippen molar-refractivity contribution in [2.75, 3.05) is 5.32 Å². The monoisotopic (exact) mass is 458 g/mol. The van der Waals surface area contributed by atoms with Crippen molar-refractivity contribution in [2.24, 2.45) is 14.1 Å². The Labute approximate surface area is 186 Å². The van der Waals surface area contributed by atoms with Crippen LogP contribution in [0.4, 0.5) is 11.4 Å². The van der Waals surface area contributed by atoms with Crippen LogP contribution in [0.15, 0.2) is 58.1 Å². The maximum Gasteiger partial charge on any atom is 0.340 e. The Balaban J connectivity index is 1.86. The van der Waals surface area contributed by atoms with Gasteiger partial charge in [0, 0.05) is 49.5 Å². The molecule has 1 aromatic heterocycles. The summed E-state index contributed by atoms with van der Waals surface area (Å²) in [5.41, 5.74) is -0.221. The first kappa shape index (κ1) is 22.8. The quantitative estimate of drug-likeness (QED) is 0.327. The van der Waals surface area contributed by atoms with Crippen molar-refractivity contribution in [3.63, 3.8) is 0 Å². The minimum absolute atomic E-state index is 0.0694. The Morgan fingerprint density at radius 2 is 1.84 bits per heavy atom. The number of nitro benzene ring substituents is 1. The van der Waals surface area contributed by atoms with Crippen LogP contribution in [0.5, 0.6) is 0 Å². The molecule has 10 nitrogen and oxygen atoms in total. The molecular formula is C21H19ClN4O6. The summed E-state index contributed by atoms with van der Waals surface area (Å²) in [4.78, 5) is 47.2. The number of hydrogen-bond acceptors (Lipinski definition) is 7. The zero-order valence-electron chi connectivity index (χ0n) is 17.2. The predicted molar refractivity (Wildman–Crippen MR) is 118 cm³/mol. The Bertz CT molecular complexity index is 1310. The zero-order valence-corrected chi connectivity index (χ0v) is 18.0. The first-order valence-electron chi connectivity index (χ1n) is 9.38. The Kier molecular flexibility index (Phi) is 6.74. The number of anilines is 1. The van der Waals surface area contributed by atoms with Gasteiger partial charge < -0.3 is 10.1 Å². The van der Waals surface area contributed by atoms with E-state index in [9.17, 15) is 24.5 Å². The molecule has 0 aliphatic heterocycles. The van der Waals surface area contributed by atoms with E-state index in [0.717, 1.165) is 16.2 Å². The highest BCUT2D eigenvalue weighted by molar-refractivity contribution is 6.31. The van der Waals surface area contributed by atoms with Crippen molar-refractivity contribution in [3.8, 4) is 0 Å². The van der Waals surface area contributed by atoms with Crippen molar-refractivity contribution < 1.29 is 14.5 Å². The average molecular weight is 459 g/mol. The van der Waals surface area contributed by atoms with E-state index in [1.807, 2.05) is 6.07 Å². The van der Waals surface area contributed by atoms with E-state index in [1.165, 1.54) is 36.9 Å². The number of aromatic nitrogens is 2. The molecule has 0 fully saturated rings. The molecule has 0 spiro atoms. The largest absolute Gasteiger partial charge is 0.456 e. The second-order valence-corrected chi connectivity index (χ2v) is 7.29. The molecule has 2 aromatic carbocycles. The fourth-order valence-corrected chi connectivity index (χ4v) is 3.14. The summed E-state index contributed by atoms with van der Waals surface area (Å²) in [5.74, 6) is -0.858. The minimum Gasteiger partial charge on any atom is -0.456 e. The van der Waals surface area contributed by atoms with Crippen LogP contribution in [-0.2, 0) is 32.0 Å². The molecule has 0 bridgehead atoms. The van der Waals surface area contributed by atoms with E-state index in [4.69, 9.17) is 16.3 Å². The summed E-state index contributed by atoms with van der Waals surface area (Å²) >= 11 is 6.15. The number of nitrogens with one attached hydrogen (secondary N) is 1. The first-order valence-corrected chi connectivity index (χ1v) is 9.75. The van der Waals surface area contributed by atoms with Gasteiger partial charge in [0.15, 0.2) is 0 Å². The lowest BCUT2D eigenvalue weighted by molar-refractivity contribution is -0.384. The number of esters is 1. The van der Waals surface area contributed by atoms with Crippen LogP contribution in [0.2, 0.25) is 5.02 Å². The summed E-state index contributed by atoms with van der Waals surface area (Å²) in [6, 6.07) is 12.1. The lowest BCUT2D eigenvalue weighted by atomic mass is 10.1. The van der Waals surface area contributed by atoms with Crippen LogP contribution < -0.4 is 16.6 Å². The summed E-state index contributed by atoms with van der Waals surface area (Å²) in [6.07, 6.45) is 0. The number of carbonyl (C=O) groups is 1. The van der Waals surface area contributed by atoms with Crippen molar-refractivity contribution >= 4 is 28.9 Å². The maximum atomic E-state index is 12.8. The maximum absolute atomic E-state index is 12.8. The highest BCUT2D eigenvalue weighted by atomic mass is 35.5. The summed E-state index contributed by atoms with van der Waals surface area (Å²) in [7, 11) is 2.77. The van der Waals surface area contributed by atoms with Gasteiger partial charge in [0.1, 0.15) is 6.61 Å². The molecule has 32 heavy (non-hydrogen) atoms. The number of benzene rings is 2.